The zero-order chi connectivity index (χ0) is 13.8. The van der Waals surface area contributed by atoms with Crippen LogP contribution in [0, 0.1) is 0 Å². The van der Waals surface area contributed by atoms with Crippen LogP contribution in [0.25, 0.3) is 0 Å². The number of ether oxygens (including phenoxy) is 1. The number of para-hydroxylation sites is 1. The summed E-state index contributed by atoms with van der Waals surface area (Å²) in [6, 6.07) is 19.4. The van der Waals surface area contributed by atoms with Gasteiger partial charge in [-0.3, -0.25) is 0 Å². The van der Waals surface area contributed by atoms with E-state index in [1.165, 1.54) is 11.1 Å². The van der Waals surface area contributed by atoms with Gasteiger partial charge in [-0.25, -0.2) is 0 Å². The van der Waals surface area contributed by atoms with Crippen LogP contribution in [0.5, 0.6) is 5.75 Å². The largest absolute Gasteiger partial charge is 0.493 e. The van der Waals surface area contributed by atoms with E-state index in [4.69, 9.17) is 4.74 Å². The van der Waals surface area contributed by atoms with Crippen LogP contribution in [0.4, 0.5) is 0 Å². The highest BCUT2D eigenvalue weighted by Crippen LogP contribution is 2.33. The maximum absolute atomic E-state index is 5.72. The van der Waals surface area contributed by atoms with Crippen molar-refractivity contribution < 1.29 is 4.74 Å². The molecule has 1 N–H and O–H groups in total. The molecule has 0 aliphatic carbocycles. The van der Waals surface area contributed by atoms with Gasteiger partial charge in [0, 0.05) is 18.5 Å². The minimum atomic E-state index is 0.381. The summed E-state index contributed by atoms with van der Waals surface area (Å²) >= 11 is 0. The minimum Gasteiger partial charge on any atom is -0.493 e. The standard InChI is InChI=1S/C18H21NO/c1-14(15-7-3-2-4-8-15)19-13-16-11-12-20-18-10-6-5-9-17(16)18/h2-10,14,16,19H,11-13H2,1H3/t14-,16?/m0/s1. The third-order valence-corrected chi connectivity index (χ3v) is 4.05. The molecule has 1 aliphatic heterocycles. The van der Waals surface area contributed by atoms with E-state index in [0.717, 1.165) is 25.3 Å². The van der Waals surface area contributed by atoms with Crippen LogP contribution in [0.15, 0.2) is 54.6 Å². The van der Waals surface area contributed by atoms with Gasteiger partial charge < -0.3 is 10.1 Å². The fraction of sp³-hybridized carbons (Fsp3) is 0.333. The Morgan fingerprint density at radius 2 is 1.85 bits per heavy atom. The lowest BCUT2D eigenvalue weighted by atomic mass is 9.92. The number of hydrogen-bond donors (Lipinski definition) is 1. The molecule has 0 aromatic heterocycles. The molecule has 3 rings (SSSR count). The van der Waals surface area contributed by atoms with Crippen molar-refractivity contribution in [1.29, 1.82) is 0 Å². The minimum absolute atomic E-state index is 0.381. The van der Waals surface area contributed by atoms with Crippen molar-refractivity contribution in [1.82, 2.24) is 5.32 Å². The molecule has 0 saturated heterocycles. The van der Waals surface area contributed by atoms with Crippen LogP contribution in [0.2, 0.25) is 0 Å². The van der Waals surface area contributed by atoms with Crippen molar-refractivity contribution in [3.05, 3.63) is 65.7 Å². The summed E-state index contributed by atoms with van der Waals surface area (Å²) in [5.41, 5.74) is 2.68. The van der Waals surface area contributed by atoms with Crippen LogP contribution in [0.1, 0.15) is 36.4 Å². The molecule has 2 aromatic carbocycles. The summed E-state index contributed by atoms with van der Waals surface area (Å²) in [4.78, 5) is 0. The molecule has 0 fully saturated rings. The highest BCUT2D eigenvalue weighted by molar-refractivity contribution is 5.38. The van der Waals surface area contributed by atoms with Crippen molar-refractivity contribution in [2.24, 2.45) is 0 Å². The van der Waals surface area contributed by atoms with Gasteiger partial charge in [0.1, 0.15) is 5.75 Å². The Kier molecular flexibility index (Phi) is 4.03. The predicted octanol–water partition coefficient (Wildman–Crippen LogP) is 3.90. The number of nitrogens with one attached hydrogen (secondary N) is 1. The summed E-state index contributed by atoms with van der Waals surface area (Å²) in [6.07, 6.45) is 1.09. The van der Waals surface area contributed by atoms with Gasteiger partial charge in [0.25, 0.3) is 0 Å². The van der Waals surface area contributed by atoms with E-state index in [9.17, 15) is 0 Å². The molecule has 0 bridgehead atoms. The molecule has 0 radical (unpaired) electrons. The molecular formula is C18H21NO. The first kappa shape index (κ1) is 13.2. The summed E-state index contributed by atoms with van der Waals surface area (Å²) in [5, 5.41) is 3.65. The van der Waals surface area contributed by atoms with E-state index < -0.39 is 0 Å². The van der Waals surface area contributed by atoms with E-state index in [-0.39, 0.29) is 0 Å². The molecule has 2 nitrogen and oxygen atoms in total. The van der Waals surface area contributed by atoms with E-state index in [1.54, 1.807) is 0 Å². The van der Waals surface area contributed by atoms with Gasteiger partial charge in [0.15, 0.2) is 0 Å². The van der Waals surface area contributed by atoms with Gasteiger partial charge in [0.2, 0.25) is 0 Å². The Morgan fingerprint density at radius 3 is 2.70 bits per heavy atom. The Balaban J connectivity index is 1.65. The van der Waals surface area contributed by atoms with Gasteiger partial charge in [-0.05, 0) is 30.5 Å². The second-order valence-corrected chi connectivity index (χ2v) is 5.41. The van der Waals surface area contributed by atoms with Crippen LogP contribution >= 0.6 is 0 Å². The van der Waals surface area contributed by atoms with Crippen molar-refractivity contribution in [2.45, 2.75) is 25.3 Å². The number of rotatable bonds is 4. The molecule has 0 spiro atoms. The van der Waals surface area contributed by atoms with E-state index >= 15 is 0 Å². The second-order valence-electron chi connectivity index (χ2n) is 5.41. The summed E-state index contributed by atoms with van der Waals surface area (Å²) in [6.45, 7) is 4.04. The molecule has 2 aromatic rings. The normalized spacial score (nSPS) is 18.9. The van der Waals surface area contributed by atoms with Crippen LogP contribution in [-0.4, -0.2) is 13.2 Å². The first-order valence-electron chi connectivity index (χ1n) is 7.34. The molecule has 1 heterocycles. The average molecular weight is 267 g/mol. The first-order valence-corrected chi connectivity index (χ1v) is 7.34. The van der Waals surface area contributed by atoms with Crippen molar-refractivity contribution >= 4 is 0 Å². The maximum atomic E-state index is 5.72. The Hall–Kier alpha value is -1.80. The zero-order valence-electron chi connectivity index (χ0n) is 11.9. The zero-order valence-corrected chi connectivity index (χ0v) is 11.9. The number of fused-ring (bicyclic) bond motifs is 1. The molecule has 2 heteroatoms. The molecule has 0 saturated carbocycles. The van der Waals surface area contributed by atoms with Gasteiger partial charge in [-0.2, -0.15) is 0 Å². The predicted molar refractivity (Wildman–Crippen MR) is 82.2 cm³/mol. The van der Waals surface area contributed by atoms with Gasteiger partial charge >= 0.3 is 0 Å². The van der Waals surface area contributed by atoms with Crippen molar-refractivity contribution in [3.8, 4) is 5.75 Å². The molecule has 2 atom stereocenters. The van der Waals surface area contributed by atoms with E-state index in [1.807, 2.05) is 6.07 Å². The fourth-order valence-corrected chi connectivity index (χ4v) is 2.81. The van der Waals surface area contributed by atoms with E-state index in [2.05, 4.69) is 60.8 Å². The Labute approximate surface area is 120 Å². The molecular weight excluding hydrogens is 246 g/mol. The van der Waals surface area contributed by atoms with Crippen LogP contribution in [-0.2, 0) is 0 Å². The smallest absolute Gasteiger partial charge is 0.122 e. The fourth-order valence-electron chi connectivity index (χ4n) is 2.81. The monoisotopic (exact) mass is 267 g/mol. The van der Waals surface area contributed by atoms with Gasteiger partial charge in [-0.1, -0.05) is 48.5 Å². The Morgan fingerprint density at radius 1 is 1.10 bits per heavy atom. The average Bonchev–Trinajstić information content (AvgIpc) is 2.53. The summed E-state index contributed by atoms with van der Waals surface area (Å²) < 4.78 is 5.72. The SMILES string of the molecule is C[C@H](NCC1CCOc2ccccc21)c1ccccc1. The third kappa shape index (κ3) is 2.86. The van der Waals surface area contributed by atoms with Crippen LogP contribution in [0.3, 0.4) is 0 Å². The molecule has 1 unspecified atom stereocenters. The van der Waals surface area contributed by atoms with Gasteiger partial charge in [0.05, 0.1) is 6.61 Å². The lowest BCUT2D eigenvalue weighted by Crippen LogP contribution is -2.28. The number of benzene rings is 2. The lowest BCUT2D eigenvalue weighted by Gasteiger charge is -2.27. The Bertz CT molecular complexity index is 552. The van der Waals surface area contributed by atoms with Gasteiger partial charge in [-0.15, -0.1) is 0 Å². The quantitative estimate of drug-likeness (QED) is 0.907. The summed E-state index contributed by atoms with van der Waals surface area (Å²) in [5.74, 6) is 1.60. The van der Waals surface area contributed by atoms with Crippen LogP contribution < -0.4 is 10.1 Å². The van der Waals surface area contributed by atoms with Crippen molar-refractivity contribution in [2.75, 3.05) is 13.2 Å². The number of hydrogen-bond acceptors (Lipinski definition) is 2. The topological polar surface area (TPSA) is 21.3 Å². The third-order valence-electron chi connectivity index (χ3n) is 4.05. The molecule has 104 valence electrons. The highest BCUT2D eigenvalue weighted by Gasteiger charge is 2.21. The molecule has 0 amide bonds. The lowest BCUT2D eigenvalue weighted by molar-refractivity contribution is 0.263. The first-order chi connectivity index (χ1) is 9.84. The maximum Gasteiger partial charge on any atom is 0.122 e. The van der Waals surface area contributed by atoms with E-state index in [0.29, 0.717) is 12.0 Å². The highest BCUT2D eigenvalue weighted by atomic mass is 16.5. The second kappa shape index (κ2) is 6.10. The summed E-state index contributed by atoms with van der Waals surface area (Å²) in [7, 11) is 0. The molecule has 20 heavy (non-hydrogen) atoms. The van der Waals surface area contributed by atoms with Crippen molar-refractivity contribution in [3.63, 3.8) is 0 Å². The molecule has 1 aliphatic rings.